The summed E-state index contributed by atoms with van der Waals surface area (Å²) in [7, 11) is 4.17. The predicted molar refractivity (Wildman–Crippen MR) is 108 cm³/mol. The van der Waals surface area contributed by atoms with Crippen LogP contribution in [0.5, 0.6) is 0 Å². The Morgan fingerprint density at radius 1 is 1.23 bits per heavy atom. The lowest BCUT2D eigenvalue weighted by Gasteiger charge is -2.06. The summed E-state index contributed by atoms with van der Waals surface area (Å²) in [6, 6.07) is 0. The smallest absolute Gasteiger partial charge is 0.430 e. The van der Waals surface area contributed by atoms with Crippen molar-refractivity contribution >= 4 is 45.6 Å². The first kappa shape index (κ1) is 26.5. The van der Waals surface area contributed by atoms with Crippen LogP contribution >= 0.6 is 22.7 Å². The van der Waals surface area contributed by atoms with Gasteiger partial charge in [-0.25, -0.2) is 9.97 Å². The summed E-state index contributed by atoms with van der Waals surface area (Å²) in [4.78, 5) is 43.0. The number of aromatic nitrogens is 2. The van der Waals surface area contributed by atoms with E-state index in [1.807, 2.05) is 12.3 Å². The van der Waals surface area contributed by atoms with E-state index in [1.165, 1.54) is 34.5 Å². The monoisotopic (exact) mass is 481 g/mol. The van der Waals surface area contributed by atoms with Gasteiger partial charge in [-0.2, -0.15) is 13.2 Å². The molecular formula is C17H22F3N5O4S2. The molecule has 3 N–H and O–H groups in total. The summed E-state index contributed by atoms with van der Waals surface area (Å²) in [6.45, 7) is 4.96. The zero-order chi connectivity index (χ0) is 23.8. The van der Waals surface area contributed by atoms with E-state index >= 15 is 0 Å². The molecule has 9 nitrogen and oxygen atoms in total. The normalized spacial score (nSPS) is 11.0. The van der Waals surface area contributed by atoms with E-state index in [2.05, 4.69) is 34.7 Å². The molecule has 2 aromatic heterocycles. The van der Waals surface area contributed by atoms with Gasteiger partial charge in [-0.15, -0.1) is 11.3 Å². The Balaban J connectivity index is 0.000000592. The van der Waals surface area contributed by atoms with Crippen LogP contribution in [-0.4, -0.2) is 61.1 Å². The highest BCUT2D eigenvalue weighted by Crippen LogP contribution is 2.33. The molecule has 2 rings (SSSR count). The van der Waals surface area contributed by atoms with Gasteiger partial charge in [-0.3, -0.25) is 9.59 Å². The highest BCUT2D eigenvalue weighted by Gasteiger charge is 2.28. The fourth-order valence-electron chi connectivity index (χ4n) is 2.04. The van der Waals surface area contributed by atoms with Gasteiger partial charge >= 0.3 is 6.18 Å². The average Bonchev–Trinajstić information content (AvgIpc) is 3.24. The molecule has 0 unspecified atom stereocenters. The lowest BCUT2D eigenvalue weighted by Crippen LogP contribution is -3.05. The lowest BCUT2D eigenvalue weighted by atomic mass is 10.3. The molecule has 0 aromatic carbocycles. The molecule has 2 amide bonds. The van der Waals surface area contributed by atoms with Crippen molar-refractivity contribution in [2.45, 2.75) is 26.4 Å². The maximum Gasteiger partial charge on any atom is 0.430 e. The van der Waals surface area contributed by atoms with E-state index in [1.54, 1.807) is 0 Å². The second-order valence-corrected chi connectivity index (χ2v) is 8.36. The number of hydrogen-bond acceptors (Lipinski definition) is 8. The van der Waals surface area contributed by atoms with Crippen LogP contribution in [0.3, 0.4) is 0 Å². The van der Waals surface area contributed by atoms with E-state index in [-0.39, 0.29) is 11.8 Å². The number of nitrogens with zero attached hydrogens (tertiary/aromatic N) is 2. The molecule has 31 heavy (non-hydrogen) atoms. The third-order valence-electron chi connectivity index (χ3n) is 3.38. The van der Waals surface area contributed by atoms with Crippen LogP contribution in [-0.2, 0) is 9.59 Å². The molecular weight excluding hydrogens is 459 g/mol. The second-order valence-electron chi connectivity index (χ2n) is 6.50. The first-order valence-corrected chi connectivity index (χ1v) is 10.6. The number of halogens is 3. The van der Waals surface area contributed by atoms with Crippen molar-refractivity contribution in [3.63, 3.8) is 0 Å². The molecule has 0 aliphatic heterocycles. The van der Waals surface area contributed by atoms with Crippen LogP contribution in [0, 0.1) is 6.92 Å². The third kappa shape index (κ3) is 9.40. The van der Waals surface area contributed by atoms with Gasteiger partial charge in [0.1, 0.15) is 5.97 Å². The quantitative estimate of drug-likeness (QED) is 0.481. The number of aryl methyl sites for hydroxylation is 1. The number of alkyl halides is 3. The van der Waals surface area contributed by atoms with E-state index < -0.39 is 12.1 Å². The molecule has 14 heteroatoms. The van der Waals surface area contributed by atoms with Gasteiger partial charge in [-0.05, 0) is 6.92 Å². The molecule has 0 bridgehead atoms. The molecule has 2 heterocycles. The van der Waals surface area contributed by atoms with Crippen LogP contribution in [0.4, 0.5) is 18.3 Å². The van der Waals surface area contributed by atoms with Crippen LogP contribution < -0.4 is 20.6 Å². The summed E-state index contributed by atoms with van der Waals surface area (Å²) in [6.07, 6.45) is -4.26. The number of rotatable bonds is 7. The standard InChI is InChI=1S/C15H21N5O2S2.C2HF3O2/c1-9-12(24-15(17-9)18-10(2)21)11-8-23-14(19-11)13(22)16-6-5-7-20(3)4;3-2(4,5)1(6)7/h8H,5-7H2,1-4H3,(H,16,22)(H,17,18,21);(H,6,7). The highest BCUT2D eigenvalue weighted by molar-refractivity contribution is 7.19. The van der Waals surface area contributed by atoms with Gasteiger partial charge in [0.15, 0.2) is 10.1 Å². The first-order chi connectivity index (χ1) is 14.3. The van der Waals surface area contributed by atoms with Crippen molar-refractivity contribution in [1.29, 1.82) is 0 Å². The Labute approximate surface area is 184 Å². The molecule has 0 saturated heterocycles. The van der Waals surface area contributed by atoms with E-state index in [9.17, 15) is 22.8 Å². The molecule has 0 saturated carbocycles. The third-order valence-corrected chi connectivity index (χ3v) is 5.32. The van der Waals surface area contributed by atoms with Crippen molar-refractivity contribution in [1.82, 2.24) is 15.3 Å². The average molecular weight is 482 g/mol. The maximum atomic E-state index is 12.1. The Morgan fingerprint density at radius 3 is 2.35 bits per heavy atom. The van der Waals surface area contributed by atoms with Crippen molar-refractivity contribution in [2.24, 2.45) is 0 Å². The van der Waals surface area contributed by atoms with E-state index in [0.29, 0.717) is 16.7 Å². The Kier molecular flexibility index (Phi) is 10.00. The summed E-state index contributed by atoms with van der Waals surface area (Å²) in [5.41, 5.74) is 1.50. The van der Waals surface area contributed by atoms with Gasteiger partial charge in [-0.1, -0.05) is 11.3 Å². The van der Waals surface area contributed by atoms with Crippen molar-refractivity contribution in [3.8, 4) is 10.6 Å². The summed E-state index contributed by atoms with van der Waals surface area (Å²) >= 11 is 2.67. The molecule has 0 spiro atoms. The number of carboxylic acids is 1. The number of thiazole rings is 2. The number of amides is 2. The number of anilines is 1. The Hall–Kier alpha value is -2.58. The second kappa shape index (κ2) is 11.7. The highest BCUT2D eigenvalue weighted by atomic mass is 32.1. The number of carboxylic acid groups (broad SMARTS) is 1. The summed E-state index contributed by atoms with van der Waals surface area (Å²) < 4.78 is 31.5. The molecule has 0 aliphatic rings. The number of nitrogens with one attached hydrogen (secondary N) is 3. The van der Waals surface area contributed by atoms with Crippen molar-refractivity contribution in [3.05, 3.63) is 16.1 Å². The maximum absolute atomic E-state index is 12.1. The van der Waals surface area contributed by atoms with Gasteiger partial charge in [0.25, 0.3) is 5.91 Å². The predicted octanol–water partition coefficient (Wildman–Crippen LogP) is 0.0964. The molecule has 0 atom stereocenters. The van der Waals surface area contributed by atoms with Crippen LogP contribution in [0.25, 0.3) is 10.6 Å². The van der Waals surface area contributed by atoms with E-state index in [0.717, 1.165) is 29.2 Å². The molecule has 0 radical (unpaired) electrons. The van der Waals surface area contributed by atoms with Gasteiger partial charge < -0.3 is 25.4 Å². The fraction of sp³-hybridized carbons (Fsp3) is 0.471. The lowest BCUT2D eigenvalue weighted by molar-refractivity contribution is -0.858. The number of carbonyl (C=O) groups is 3. The fourth-order valence-corrected chi connectivity index (χ4v) is 3.81. The van der Waals surface area contributed by atoms with Gasteiger partial charge in [0, 0.05) is 25.3 Å². The van der Waals surface area contributed by atoms with Crippen LogP contribution in [0.15, 0.2) is 5.38 Å². The number of hydrogen-bond donors (Lipinski definition) is 3. The topological polar surface area (TPSA) is 129 Å². The zero-order valence-electron chi connectivity index (χ0n) is 17.2. The molecule has 0 fully saturated rings. The largest absolute Gasteiger partial charge is 0.542 e. The Morgan fingerprint density at radius 2 is 1.84 bits per heavy atom. The molecule has 2 aromatic rings. The SMILES string of the molecule is CC(=O)Nc1nc(C)c(-c2csc(C(=O)NCCC[NH+](C)C)n2)s1.O=C([O-])C(F)(F)F. The van der Waals surface area contributed by atoms with E-state index in [4.69, 9.17) is 9.90 Å². The van der Waals surface area contributed by atoms with Gasteiger partial charge in [0.2, 0.25) is 5.91 Å². The number of aliphatic carboxylic acids is 1. The van der Waals surface area contributed by atoms with Crippen LogP contribution in [0.1, 0.15) is 28.8 Å². The minimum atomic E-state index is -5.19. The number of quaternary nitrogens is 1. The Bertz CT molecular complexity index is 912. The first-order valence-electron chi connectivity index (χ1n) is 8.87. The zero-order valence-corrected chi connectivity index (χ0v) is 18.8. The minimum Gasteiger partial charge on any atom is -0.542 e. The van der Waals surface area contributed by atoms with Gasteiger partial charge in [0.05, 0.1) is 36.9 Å². The number of carbonyl (C=O) groups excluding carboxylic acids is 3. The minimum absolute atomic E-state index is 0.149. The van der Waals surface area contributed by atoms with Crippen molar-refractivity contribution < 1.29 is 37.6 Å². The van der Waals surface area contributed by atoms with Crippen LogP contribution in [0.2, 0.25) is 0 Å². The summed E-state index contributed by atoms with van der Waals surface area (Å²) in [5, 5.41) is 17.2. The molecule has 0 aliphatic carbocycles. The summed E-state index contributed by atoms with van der Waals surface area (Å²) in [5.74, 6) is -3.31. The van der Waals surface area contributed by atoms with Crippen molar-refractivity contribution in [2.75, 3.05) is 32.5 Å². The molecule has 172 valence electrons.